The first kappa shape index (κ1) is 12.2. The molecule has 0 aromatic rings. The Labute approximate surface area is 88.5 Å². The third kappa shape index (κ3) is 2.57. The van der Waals surface area contributed by atoms with E-state index < -0.39 is 8.72 Å². The van der Waals surface area contributed by atoms with Crippen LogP contribution in [0.25, 0.3) is 0 Å². The van der Waals surface area contributed by atoms with Gasteiger partial charge in [-0.05, 0) is 25.8 Å². The Balaban J connectivity index is 2.57. The fourth-order valence-corrected chi connectivity index (χ4v) is 5.49. The maximum absolute atomic E-state index is 5.68. The molecule has 0 spiro atoms. The number of hydrogen-bond acceptors (Lipinski definition) is 3. The van der Waals surface area contributed by atoms with E-state index in [9.17, 15) is 0 Å². The van der Waals surface area contributed by atoms with Gasteiger partial charge in [0.2, 0.25) is 0 Å². The second-order valence-electron chi connectivity index (χ2n) is 3.98. The van der Waals surface area contributed by atoms with Gasteiger partial charge < -0.3 is 8.85 Å². The van der Waals surface area contributed by atoms with Crippen LogP contribution in [0.4, 0.5) is 0 Å². The highest BCUT2D eigenvalue weighted by atomic mass is 28.4. The Morgan fingerprint density at radius 2 is 1.79 bits per heavy atom. The maximum Gasteiger partial charge on any atom is 0.427 e. The fourth-order valence-electron chi connectivity index (χ4n) is 2.31. The topological polar surface area (TPSA) is 30.5 Å². The Hall–Kier alpha value is 0.0969. The molecule has 1 aliphatic rings. The highest BCUT2D eigenvalue weighted by molar-refractivity contribution is 6.66. The molecule has 1 N–H and O–H groups in total. The van der Waals surface area contributed by atoms with Crippen molar-refractivity contribution in [3.63, 3.8) is 0 Å². The molecule has 3 nitrogen and oxygen atoms in total. The number of rotatable bonds is 6. The summed E-state index contributed by atoms with van der Waals surface area (Å²) in [4.78, 5) is 3.52. The molecule has 4 heteroatoms. The normalized spacial score (nSPS) is 19.1. The van der Waals surface area contributed by atoms with Gasteiger partial charge in [0.1, 0.15) is 0 Å². The van der Waals surface area contributed by atoms with Gasteiger partial charge in [-0.15, -0.1) is 0 Å². The molecule has 0 heterocycles. The third-order valence-electron chi connectivity index (χ3n) is 3.12. The second-order valence-corrected chi connectivity index (χ2v) is 7.31. The van der Waals surface area contributed by atoms with Crippen molar-refractivity contribution in [3.8, 4) is 0 Å². The van der Waals surface area contributed by atoms with E-state index in [2.05, 4.69) is 11.9 Å². The minimum atomic E-state index is -2.08. The van der Waals surface area contributed by atoms with Crippen LogP contribution in [-0.4, -0.2) is 29.5 Å². The van der Waals surface area contributed by atoms with Gasteiger partial charge in [-0.3, -0.25) is 4.98 Å². The SMILES string of the molecule is CCCN[Si](OC)(OC)C1CCCC1. The summed E-state index contributed by atoms with van der Waals surface area (Å²) in [6.45, 7) is 3.18. The lowest BCUT2D eigenvalue weighted by Crippen LogP contribution is -2.58. The average Bonchev–Trinajstić information content (AvgIpc) is 2.74. The summed E-state index contributed by atoms with van der Waals surface area (Å²) in [5.74, 6) is 0. The monoisotopic (exact) mass is 217 g/mol. The van der Waals surface area contributed by atoms with E-state index >= 15 is 0 Å². The van der Waals surface area contributed by atoms with E-state index in [0.29, 0.717) is 5.54 Å². The van der Waals surface area contributed by atoms with Crippen molar-refractivity contribution in [1.29, 1.82) is 0 Å². The fraction of sp³-hybridized carbons (Fsp3) is 1.00. The lowest BCUT2D eigenvalue weighted by atomic mass is 10.4. The first-order valence-electron chi connectivity index (χ1n) is 5.64. The molecule has 0 aliphatic heterocycles. The number of hydrogen-bond donors (Lipinski definition) is 1. The Morgan fingerprint density at radius 3 is 2.21 bits per heavy atom. The van der Waals surface area contributed by atoms with Crippen LogP contribution >= 0.6 is 0 Å². The smallest absolute Gasteiger partial charge is 0.386 e. The summed E-state index contributed by atoms with van der Waals surface area (Å²) in [5.41, 5.74) is 0.643. The van der Waals surface area contributed by atoms with Gasteiger partial charge in [-0.2, -0.15) is 0 Å². The van der Waals surface area contributed by atoms with Crippen molar-refractivity contribution in [2.45, 2.75) is 44.6 Å². The summed E-state index contributed by atoms with van der Waals surface area (Å²) >= 11 is 0. The highest BCUT2D eigenvalue weighted by Gasteiger charge is 2.45. The van der Waals surface area contributed by atoms with Crippen LogP contribution in [-0.2, 0) is 8.85 Å². The van der Waals surface area contributed by atoms with E-state index in [1.54, 1.807) is 14.2 Å². The number of nitrogens with one attached hydrogen (secondary N) is 1. The van der Waals surface area contributed by atoms with Crippen molar-refractivity contribution in [1.82, 2.24) is 4.98 Å². The molecule has 0 aromatic heterocycles. The molecule has 0 amide bonds. The molecular formula is C10H23NO2Si. The molecule has 0 unspecified atom stereocenters. The molecule has 0 saturated heterocycles. The van der Waals surface area contributed by atoms with Crippen LogP contribution in [0.1, 0.15) is 39.0 Å². The zero-order valence-corrected chi connectivity index (χ0v) is 10.6. The zero-order valence-electron chi connectivity index (χ0n) is 9.64. The molecule has 84 valence electrons. The van der Waals surface area contributed by atoms with Crippen molar-refractivity contribution in [3.05, 3.63) is 0 Å². The largest absolute Gasteiger partial charge is 0.427 e. The van der Waals surface area contributed by atoms with Gasteiger partial charge in [-0.25, -0.2) is 0 Å². The predicted octanol–water partition coefficient (Wildman–Crippen LogP) is 2.16. The molecule has 1 fully saturated rings. The second kappa shape index (κ2) is 5.85. The van der Waals surface area contributed by atoms with Gasteiger partial charge in [-0.1, -0.05) is 19.8 Å². The minimum Gasteiger partial charge on any atom is -0.386 e. The average molecular weight is 217 g/mol. The summed E-state index contributed by atoms with van der Waals surface area (Å²) < 4.78 is 11.4. The van der Waals surface area contributed by atoms with Gasteiger partial charge in [0.15, 0.2) is 0 Å². The predicted molar refractivity (Wildman–Crippen MR) is 60.3 cm³/mol. The lowest BCUT2D eigenvalue weighted by Gasteiger charge is -2.32. The van der Waals surface area contributed by atoms with Crippen LogP contribution in [0.3, 0.4) is 0 Å². The molecule has 0 aromatic carbocycles. The molecule has 1 rings (SSSR count). The molecule has 0 bridgehead atoms. The Bertz CT molecular complexity index is 156. The van der Waals surface area contributed by atoms with Crippen molar-refractivity contribution in [2.75, 3.05) is 20.8 Å². The van der Waals surface area contributed by atoms with Gasteiger partial charge >= 0.3 is 8.72 Å². The Morgan fingerprint density at radius 1 is 1.21 bits per heavy atom. The summed E-state index contributed by atoms with van der Waals surface area (Å²) in [7, 11) is 1.50. The zero-order chi connectivity index (χ0) is 10.4. The summed E-state index contributed by atoms with van der Waals surface area (Å²) in [6, 6.07) is 0. The first-order chi connectivity index (χ1) is 6.79. The molecule has 1 saturated carbocycles. The van der Waals surface area contributed by atoms with Crippen LogP contribution in [0.2, 0.25) is 5.54 Å². The van der Waals surface area contributed by atoms with Crippen LogP contribution in [0.5, 0.6) is 0 Å². The van der Waals surface area contributed by atoms with Gasteiger partial charge in [0, 0.05) is 19.8 Å². The molecule has 14 heavy (non-hydrogen) atoms. The highest BCUT2D eigenvalue weighted by Crippen LogP contribution is 2.37. The van der Waals surface area contributed by atoms with Gasteiger partial charge in [0.05, 0.1) is 0 Å². The lowest BCUT2D eigenvalue weighted by molar-refractivity contribution is 0.214. The first-order valence-corrected chi connectivity index (χ1v) is 7.53. The van der Waals surface area contributed by atoms with Crippen LogP contribution < -0.4 is 4.98 Å². The molecule has 0 atom stereocenters. The van der Waals surface area contributed by atoms with Crippen LogP contribution in [0.15, 0.2) is 0 Å². The van der Waals surface area contributed by atoms with E-state index in [4.69, 9.17) is 8.85 Å². The third-order valence-corrected chi connectivity index (χ3v) is 6.73. The van der Waals surface area contributed by atoms with Gasteiger partial charge in [0.25, 0.3) is 0 Å². The van der Waals surface area contributed by atoms with E-state index in [0.717, 1.165) is 13.0 Å². The van der Waals surface area contributed by atoms with E-state index in [1.165, 1.54) is 25.7 Å². The van der Waals surface area contributed by atoms with Crippen molar-refractivity contribution < 1.29 is 8.85 Å². The molecule has 1 aliphatic carbocycles. The minimum absolute atomic E-state index is 0.643. The molecule has 0 radical (unpaired) electrons. The van der Waals surface area contributed by atoms with E-state index in [1.807, 2.05) is 0 Å². The van der Waals surface area contributed by atoms with Crippen LogP contribution in [0, 0.1) is 0 Å². The van der Waals surface area contributed by atoms with Crippen molar-refractivity contribution in [2.24, 2.45) is 0 Å². The maximum atomic E-state index is 5.68. The van der Waals surface area contributed by atoms with E-state index in [-0.39, 0.29) is 0 Å². The van der Waals surface area contributed by atoms with Crippen molar-refractivity contribution >= 4 is 8.72 Å². The molecular weight excluding hydrogens is 194 g/mol. The summed E-state index contributed by atoms with van der Waals surface area (Å²) in [6.07, 6.45) is 6.34. The standard InChI is InChI=1S/C10H23NO2Si/c1-4-9-11-14(12-2,13-3)10-7-5-6-8-10/h10-11H,4-9H2,1-3H3. The Kier molecular flexibility index (Phi) is 5.09. The summed E-state index contributed by atoms with van der Waals surface area (Å²) in [5, 5.41) is 0. The quantitative estimate of drug-likeness (QED) is 0.692.